The van der Waals surface area contributed by atoms with E-state index in [1.807, 2.05) is 0 Å². The molecule has 0 spiro atoms. The number of likely N-dealkylation sites (tertiary alicyclic amines) is 1. The van der Waals surface area contributed by atoms with Gasteiger partial charge < -0.3 is 15.0 Å². The van der Waals surface area contributed by atoms with Gasteiger partial charge in [-0.1, -0.05) is 19.3 Å². The van der Waals surface area contributed by atoms with Gasteiger partial charge in [0.25, 0.3) is 11.8 Å². The summed E-state index contributed by atoms with van der Waals surface area (Å²) in [5.74, 6) is -1.93. The second kappa shape index (κ2) is 10.2. The average molecular weight is 465 g/mol. The van der Waals surface area contributed by atoms with Gasteiger partial charge in [0, 0.05) is 18.7 Å². The van der Waals surface area contributed by atoms with Gasteiger partial charge in [0.15, 0.2) is 6.61 Å². The van der Waals surface area contributed by atoms with Crippen LogP contribution in [0.4, 0.5) is 13.2 Å². The van der Waals surface area contributed by atoms with E-state index in [0.29, 0.717) is 25.7 Å². The van der Waals surface area contributed by atoms with Crippen LogP contribution in [0.25, 0.3) is 0 Å². The van der Waals surface area contributed by atoms with Crippen molar-refractivity contribution in [1.29, 1.82) is 5.26 Å². The number of nitrogens with zero attached hydrogens (tertiary/aromatic N) is 2. The Hall–Kier alpha value is -3.09. The maximum atomic E-state index is 12.7. The quantitative estimate of drug-likeness (QED) is 0.672. The van der Waals surface area contributed by atoms with Gasteiger partial charge in [-0.2, -0.15) is 18.4 Å². The van der Waals surface area contributed by atoms with Gasteiger partial charge >= 0.3 is 12.1 Å². The Kier molecular flexibility index (Phi) is 7.61. The second-order valence-electron chi connectivity index (χ2n) is 8.55. The number of nitriles is 1. The zero-order valence-corrected chi connectivity index (χ0v) is 18.1. The third-order valence-corrected chi connectivity index (χ3v) is 6.22. The van der Waals surface area contributed by atoms with E-state index in [9.17, 15) is 32.8 Å². The molecule has 178 valence electrons. The first-order valence-corrected chi connectivity index (χ1v) is 11.0. The fraction of sp³-hybridized carbons (Fsp3) is 0.565. The highest BCUT2D eigenvalue weighted by Crippen LogP contribution is 2.30. The van der Waals surface area contributed by atoms with Crippen molar-refractivity contribution in [1.82, 2.24) is 10.2 Å². The summed E-state index contributed by atoms with van der Waals surface area (Å²) in [6.45, 7) is 0.0414. The predicted molar refractivity (Wildman–Crippen MR) is 111 cm³/mol. The van der Waals surface area contributed by atoms with E-state index in [-0.39, 0.29) is 18.7 Å². The normalized spacial score (nSPS) is 18.8. The molecule has 2 amide bonds. The maximum Gasteiger partial charge on any atom is 0.416 e. The number of rotatable bonds is 5. The van der Waals surface area contributed by atoms with Crippen LogP contribution in [0.5, 0.6) is 0 Å². The van der Waals surface area contributed by atoms with Gasteiger partial charge in [-0.15, -0.1) is 0 Å². The summed E-state index contributed by atoms with van der Waals surface area (Å²) >= 11 is 0. The number of halogens is 3. The first kappa shape index (κ1) is 24.6. The Labute approximate surface area is 189 Å². The van der Waals surface area contributed by atoms with Gasteiger partial charge in [0.2, 0.25) is 0 Å². The molecule has 0 aromatic heterocycles. The van der Waals surface area contributed by atoms with E-state index in [0.717, 1.165) is 43.5 Å². The summed E-state index contributed by atoms with van der Waals surface area (Å²) in [6, 6.07) is 6.19. The van der Waals surface area contributed by atoms with Gasteiger partial charge in [-0.3, -0.25) is 14.4 Å². The molecule has 10 heteroatoms. The number of benzene rings is 1. The predicted octanol–water partition coefficient (Wildman–Crippen LogP) is 3.44. The fourth-order valence-corrected chi connectivity index (χ4v) is 4.28. The second-order valence-corrected chi connectivity index (χ2v) is 8.55. The number of alkyl halides is 3. The van der Waals surface area contributed by atoms with Crippen molar-refractivity contribution in [3.8, 4) is 6.07 Å². The minimum Gasteiger partial charge on any atom is -0.455 e. The molecule has 3 rings (SSSR count). The number of hydrogen-bond acceptors (Lipinski definition) is 5. The SMILES string of the molecule is N#CC1(NC(=O)COC(=O)C2CCN(C(=O)c3ccc(C(F)(F)F)cc3)CC2)CCCCC1. The molecule has 2 fully saturated rings. The van der Waals surface area contributed by atoms with E-state index in [1.54, 1.807) is 0 Å². The van der Waals surface area contributed by atoms with Crippen LogP contribution in [0.3, 0.4) is 0 Å². The third-order valence-electron chi connectivity index (χ3n) is 6.22. The number of carbonyl (C=O) groups excluding carboxylic acids is 3. The van der Waals surface area contributed by atoms with E-state index < -0.39 is 47.6 Å². The molecule has 1 aromatic rings. The van der Waals surface area contributed by atoms with Gasteiger partial charge in [0.05, 0.1) is 17.6 Å². The largest absolute Gasteiger partial charge is 0.455 e. The first-order chi connectivity index (χ1) is 15.6. The number of hydrogen-bond donors (Lipinski definition) is 1. The van der Waals surface area contributed by atoms with Crippen molar-refractivity contribution < 1.29 is 32.3 Å². The van der Waals surface area contributed by atoms with E-state index in [2.05, 4.69) is 11.4 Å². The minimum atomic E-state index is -4.47. The Morgan fingerprint density at radius 3 is 2.24 bits per heavy atom. The Morgan fingerprint density at radius 2 is 1.70 bits per heavy atom. The molecular weight excluding hydrogens is 439 g/mol. The number of nitrogens with one attached hydrogen (secondary N) is 1. The van der Waals surface area contributed by atoms with Gasteiger partial charge in [0.1, 0.15) is 5.54 Å². The number of ether oxygens (including phenoxy) is 1. The van der Waals surface area contributed by atoms with Crippen molar-refractivity contribution in [2.75, 3.05) is 19.7 Å². The van der Waals surface area contributed by atoms with Crippen LogP contribution in [0.2, 0.25) is 0 Å². The lowest BCUT2D eigenvalue weighted by Crippen LogP contribution is -2.50. The summed E-state index contributed by atoms with van der Waals surface area (Å²) in [5, 5.41) is 12.1. The molecule has 1 saturated heterocycles. The number of amides is 2. The Morgan fingerprint density at radius 1 is 1.09 bits per heavy atom. The maximum absolute atomic E-state index is 12.7. The van der Waals surface area contributed by atoms with Crippen molar-refractivity contribution in [2.24, 2.45) is 5.92 Å². The van der Waals surface area contributed by atoms with Crippen molar-refractivity contribution in [2.45, 2.75) is 56.7 Å². The van der Waals surface area contributed by atoms with Crippen molar-refractivity contribution >= 4 is 17.8 Å². The molecule has 1 N–H and O–H groups in total. The lowest BCUT2D eigenvalue weighted by Gasteiger charge is -2.32. The summed E-state index contributed by atoms with van der Waals surface area (Å²) in [7, 11) is 0. The van der Waals surface area contributed by atoms with Crippen LogP contribution in [0, 0.1) is 17.2 Å². The summed E-state index contributed by atoms with van der Waals surface area (Å²) < 4.78 is 43.2. The molecule has 2 aliphatic rings. The van der Waals surface area contributed by atoms with E-state index in [4.69, 9.17) is 4.74 Å². The highest BCUT2D eigenvalue weighted by molar-refractivity contribution is 5.94. The smallest absolute Gasteiger partial charge is 0.416 e. The molecule has 0 bridgehead atoms. The van der Waals surface area contributed by atoms with E-state index >= 15 is 0 Å². The number of piperidine rings is 1. The average Bonchev–Trinajstić information content (AvgIpc) is 2.82. The summed E-state index contributed by atoms with van der Waals surface area (Å²) in [4.78, 5) is 38.6. The van der Waals surface area contributed by atoms with Gasteiger partial charge in [-0.25, -0.2) is 0 Å². The van der Waals surface area contributed by atoms with Crippen LogP contribution in [0.1, 0.15) is 60.9 Å². The summed E-state index contributed by atoms with van der Waals surface area (Å²) in [5.41, 5.74) is -1.57. The van der Waals surface area contributed by atoms with Crippen molar-refractivity contribution in [3.05, 3.63) is 35.4 Å². The third kappa shape index (κ3) is 6.24. The Balaban J connectivity index is 1.44. The highest BCUT2D eigenvalue weighted by Gasteiger charge is 2.35. The standard InChI is InChI=1S/C23H26F3N3O4/c24-23(25,26)18-6-4-16(5-7-18)20(31)29-12-8-17(9-13-29)21(32)33-14-19(30)28-22(15-27)10-2-1-3-11-22/h4-7,17H,1-3,8-14H2,(H,28,30). The molecule has 0 atom stereocenters. The molecule has 1 saturated carbocycles. The molecular formula is C23H26F3N3O4. The zero-order valence-electron chi connectivity index (χ0n) is 18.1. The van der Waals surface area contributed by atoms with Crippen molar-refractivity contribution in [3.63, 3.8) is 0 Å². The fourth-order valence-electron chi connectivity index (χ4n) is 4.28. The highest BCUT2D eigenvalue weighted by atomic mass is 19.4. The number of esters is 1. The molecule has 1 aliphatic carbocycles. The number of carbonyl (C=O) groups is 3. The van der Waals surface area contributed by atoms with Crippen LogP contribution in [-0.2, 0) is 20.5 Å². The molecule has 7 nitrogen and oxygen atoms in total. The Bertz CT molecular complexity index is 910. The van der Waals surface area contributed by atoms with Crippen LogP contribution >= 0.6 is 0 Å². The zero-order chi connectivity index (χ0) is 24.1. The molecule has 0 radical (unpaired) electrons. The first-order valence-electron chi connectivity index (χ1n) is 11.0. The molecule has 1 aliphatic heterocycles. The van der Waals surface area contributed by atoms with Crippen LogP contribution < -0.4 is 5.32 Å². The molecule has 0 unspecified atom stereocenters. The lowest BCUT2D eigenvalue weighted by atomic mass is 9.83. The molecule has 33 heavy (non-hydrogen) atoms. The lowest BCUT2D eigenvalue weighted by molar-refractivity contribution is -0.154. The minimum absolute atomic E-state index is 0.148. The molecule has 1 aromatic carbocycles. The van der Waals surface area contributed by atoms with Crippen LogP contribution in [-0.4, -0.2) is 47.9 Å². The monoisotopic (exact) mass is 465 g/mol. The summed E-state index contributed by atoms with van der Waals surface area (Å²) in [6.07, 6.45) is 0.0824. The van der Waals surface area contributed by atoms with E-state index in [1.165, 1.54) is 4.90 Å². The molecule has 1 heterocycles. The van der Waals surface area contributed by atoms with Gasteiger partial charge in [-0.05, 0) is 49.9 Å². The van der Waals surface area contributed by atoms with Crippen LogP contribution in [0.15, 0.2) is 24.3 Å². The topological polar surface area (TPSA) is 99.5 Å².